The van der Waals surface area contributed by atoms with Gasteiger partial charge >= 0.3 is 0 Å². The van der Waals surface area contributed by atoms with E-state index in [9.17, 15) is 0 Å². The van der Waals surface area contributed by atoms with Crippen LogP contribution >= 0.6 is 23.2 Å². The summed E-state index contributed by atoms with van der Waals surface area (Å²) >= 11 is 10.5. The molecule has 0 heterocycles. The zero-order chi connectivity index (χ0) is 5.70. The second-order valence-corrected chi connectivity index (χ2v) is 2.16. The third-order valence-corrected chi connectivity index (χ3v) is 0.773. The van der Waals surface area contributed by atoms with Crippen LogP contribution in [-0.4, -0.2) is 18.0 Å². The summed E-state index contributed by atoms with van der Waals surface area (Å²) in [6, 6.07) is 0. The van der Waals surface area contributed by atoms with Gasteiger partial charge in [-0.05, 0) is 0 Å². The molecule has 0 amide bonds. The predicted octanol–water partition coefficient (Wildman–Crippen LogP) is 1.17. The Morgan fingerprint density at radius 2 is 2.50 bits per heavy atom. The van der Waals surface area contributed by atoms with Crippen LogP contribution in [0.25, 0.3) is 0 Å². The van der Waals surface area contributed by atoms with E-state index in [2.05, 4.69) is 5.11 Å². The van der Waals surface area contributed by atoms with E-state index in [1.165, 1.54) is 0 Å². The fourth-order valence-corrected chi connectivity index (χ4v) is 0.267. The van der Waals surface area contributed by atoms with Crippen molar-refractivity contribution in [1.29, 1.82) is 1.43 Å². The Morgan fingerprint density at radius 1 is 1.83 bits per heavy atom. The number of hydrogen-bond donors (Lipinski definition) is 1. The molecule has 0 aromatic heterocycles. The molecule has 1 N–H and O–H groups in total. The van der Waals surface area contributed by atoms with Crippen molar-refractivity contribution in [1.82, 2.24) is 0 Å². The quantitative estimate of drug-likeness (QED) is 0.568. The Balaban J connectivity index is 2.68. The fraction of sp³-hybridized carbons (Fsp3) is 1.00. The summed E-state index contributed by atoms with van der Waals surface area (Å²) in [5.74, 6) is 0. The average molecular weight is 130 g/mol. The molecule has 6 heavy (non-hydrogen) atoms. The molecule has 38 valence electrons. The van der Waals surface area contributed by atoms with Crippen LogP contribution in [0, 0.1) is 0 Å². The lowest BCUT2D eigenvalue weighted by Gasteiger charge is -1.90. The highest BCUT2D eigenvalue weighted by molar-refractivity contribution is 6.44. The van der Waals surface area contributed by atoms with Crippen LogP contribution in [0.15, 0.2) is 0 Å². The maximum Gasteiger partial charge on any atom is 0.210 e. The molecule has 0 fully saturated rings. The number of halogens is 2. The number of hydrogen-bond acceptors (Lipinski definition) is 1. The second kappa shape index (κ2) is 3.72. The van der Waals surface area contributed by atoms with E-state index in [-0.39, 0.29) is 0 Å². The summed E-state index contributed by atoms with van der Waals surface area (Å²) in [5.41, 5.74) is 0. The fourth-order valence-electron chi connectivity index (χ4n) is 0.0891. The molecule has 0 bridgehead atoms. The Bertz CT molecular complexity index is 41.9. The normalized spacial score (nSPS) is 12.2. The number of alkyl halides is 2. The molecule has 0 rings (SSSR count). The van der Waals surface area contributed by atoms with Crippen molar-refractivity contribution in [3.63, 3.8) is 0 Å². The van der Waals surface area contributed by atoms with Crippen LogP contribution in [0.5, 0.6) is 0 Å². The van der Waals surface area contributed by atoms with Gasteiger partial charge in [-0.1, -0.05) is 0 Å². The monoisotopic (exact) mass is 129 g/mol. The van der Waals surface area contributed by atoms with Crippen LogP contribution in [0.4, 0.5) is 0 Å². The lowest BCUT2D eigenvalue weighted by atomic mass is 10.5. The molecular weight excluding hydrogens is 123 g/mol. The number of aliphatic hydroxyl groups is 1. The van der Waals surface area contributed by atoms with Crippen molar-refractivity contribution < 1.29 is 5.11 Å². The van der Waals surface area contributed by atoms with E-state index < -0.39 is 4.84 Å². The Hall–Kier alpha value is 0.540. The molecule has 1 nitrogen and oxygen atoms in total. The molecule has 0 atom stereocenters. The van der Waals surface area contributed by atoms with Crippen molar-refractivity contribution in [2.24, 2.45) is 0 Å². The van der Waals surface area contributed by atoms with Gasteiger partial charge < -0.3 is 5.11 Å². The predicted molar refractivity (Wildman–Crippen MR) is 27.2 cm³/mol. The van der Waals surface area contributed by atoms with Crippen molar-refractivity contribution in [3.05, 3.63) is 0 Å². The van der Waals surface area contributed by atoms with E-state index in [0.29, 0.717) is 13.0 Å². The number of rotatable bonds is 3. The largest absolute Gasteiger partial charge is 0.396 e. The molecular formula is C3H6Cl2O. The first-order valence-electron chi connectivity index (χ1n) is 2.04. The lowest BCUT2D eigenvalue weighted by molar-refractivity contribution is 0.293. The summed E-state index contributed by atoms with van der Waals surface area (Å²) in [4.78, 5) is -0.398. The summed E-state index contributed by atoms with van der Waals surface area (Å²) in [7, 11) is 0. The van der Waals surface area contributed by atoms with Gasteiger partial charge in [0.05, 0.1) is 0 Å². The van der Waals surface area contributed by atoms with Gasteiger partial charge in [-0.3, -0.25) is 0 Å². The lowest BCUT2D eigenvalue weighted by Crippen LogP contribution is -1.89. The third kappa shape index (κ3) is 4.54. The summed E-state index contributed by atoms with van der Waals surface area (Å²) < 4.78 is 6.18. The molecule has 0 aliphatic rings. The van der Waals surface area contributed by atoms with Crippen molar-refractivity contribution >= 4 is 23.2 Å². The Kier molecular flexibility index (Phi) is 2.91. The zero-order valence-electron chi connectivity index (χ0n) is 4.16. The van der Waals surface area contributed by atoms with Gasteiger partial charge in [-0.15, -0.1) is 23.2 Å². The first-order chi connectivity index (χ1) is 3.27. The van der Waals surface area contributed by atoms with Gasteiger partial charge in [-0.2, -0.15) is 0 Å². The first kappa shape index (κ1) is 4.69. The van der Waals surface area contributed by atoms with Crippen molar-refractivity contribution in [2.75, 3.05) is 6.61 Å². The van der Waals surface area contributed by atoms with Crippen LogP contribution in [-0.2, 0) is 0 Å². The van der Waals surface area contributed by atoms with Crippen molar-refractivity contribution in [3.8, 4) is 0 Å². The highest BCUT2D eigenvalue weighted by atomic mass is 35.5. The van der Waals surface area contributed by atoms with Gasteiger partial charge in [0.1, 0.15) is 4.84 Å². The molecule has 0 unspecified atom stereocenters. The smallest absolute Gasteiger partial charge is 0.210 e. The van der Waals surface area contributed by atoms with E-state index >= 15 is 0 Å². The molecule has 0 saturated heterocycles. The summed E-state index contributed by atoms with van der Waals surface area (Å²) in [6.07, 6.45) is 0.520. The molecule has 3 heteroatoms. The summed E-state index contributed by atoms with van der Waals surface area (Å²) in [6.45, 7) is 0.303. The van der Waals surface area contributed by atoms with E-state index in [1.54, 1.807) is 0 Å². The van der Waals surface area contributed by atoms with Crippen molar-refractivity contribution in [2.45, 2.75) is 11.3 Å². The van der Waals surface area contributed by atoms with E-state index in [1.807, 2.05) is 0 Å². The van der Waals surface area contributed by atoms with E-state index in [0.717, 1.165) is 0 Å². The van der Waals surface area contributed by atoms with Crippen LogP contribution in [0.2, 0.25) is 0 Å². The van der Waals surface area contributed by atoms with Gasteiger partial charge in [-0.25, -0.2) is 0 Å². The molecule has 0 aliphatic heterocycles. The Morgan fingerprint density at radius 3 is 2.67 bits per heavy atom. The van der Waals surface area contributed by atoms with Crippen LogP contribution in [0.1, 0.15) is 6.42 Å². The van der Waals surface area contributed by atoms with Gasteiger partial charge in [0.15, 0.2) is 0 Å². The summed E-state index contributed by atoms with van der Waals surface area (Å²) in [5, 5.41) is 3.93. The minimum absolute atomic E-state index is 0.303. The van der Waals surface area contributed by atoms with E-state index in [4.69, 9.17) is 24.6 Å². The van der Waals surface area contributed by atoms with Crippen LogP contribution < -0.4 is 0 Å². The molecule has 0 spiro atoms. The highest BCUT2D eigenvalue weighted by Crippen LogP contribution is 2.04. The molecule has 0 aromatic carbocycles. The topological polar surface area (TPSA) is 20.2 Å². The first-order valence-corrected chi connectivity index (χ1v) is 2.51. The minimum atomic E-state index is -0.398. The highest BCUT2D eigenvalue weighted by Gasteiger charge is 1.92. The number of aliphatic hydroxyl groups excluding tert-OH is 1. The average Bonchev–Trinajstić information content (AvgIpc) is 1.61. The SMILES string of the molecule is [2H]OCCC(Cl)Cl. The Labute approximate surface area is 48.4 Å². The molecule has 0 saturated carbocycles. The zero-order valence-corrected chi connectivity index (χ0v) is 4.67. The van der Waals surface area contributed by atoms with Gasteiger partial charge in [0.25, 0.3) is 0 Å². The maximum absolute atomic E-state index is 6.18. The second-order valence-electron chi connectivity index (χ2n) is 0.884. The molecule has 0 radical (unpaired) electrons. The van der Waals surface area contributed by atoms with Gasteiger partial charge in [0.2, 0.25) is 1.43 Å². The third-order valence-electron chi connectivity index (χ3n) is 0.336. The molecule has 0 aromatic rings. The minimum Gasteiger partial charge on any atom is -0.396 e. The molecule has 0 aliphatic carbocycles. The van der Waals surface area contributed by atoms with Crippen LogP contribution in [0.3, 0.4) is 0 Å². The standard InChI is InChI=1S/C3H6Cl2O/c4-3(5)1-2-6/h3,6H,1-2H2/i6D. The maximum atomic E-state index is 6.18. The van der Waals surface area contributed by atoms with Gasteiger partial charge in [0, 0.05) is 13.0 Å².